The Morgan fingerprint density at radius 3 is 2.53 bits per heavy atom. The third-order valence-electron chi connectivity index (χ3n) is 2.36. The summed E-state index contributed by atoms with van der Waals surface area (Å²) in [6.07, 6.45) is -0.675. The molecule has 1 rings (SSSR count). The first-order chi connectivity index (χ1) is 8.05. The Kier molecular flexibility index (Phi) is 4.76. The van der Waals surface area contributed by atoms with Gasteiger partial charge >= 0.3 is 0 Å². The Balaban J connectivity index is 2.93. The van der Waals surface area contributed by atoms with Crippen LogP contribution in [0.2, 0.25) is 5.02 Å². The molecule has 0 heterocycles. The first-order valence-corrected chi connectivity index (χ1v) is 5.44. The minimum atomic E-state index is -0.992. The zero-order chi connectivity index (χ0) is 12.9. The molecular weight excluding hydrogens is 240 g/mol. The molecule has 0 radical (unpaired) electrons. The van der Waals surface area contributed by atoms with Gasteiger partial charge in [0, 0.05) is 24.9 Å². The molecule has 0 saturated heterocycles. The van der Waals surface area contributed by atoms with Gasteiger partial charge in [0.2, 0.25) is 0 Å². The molecule has 4 nitrogen and oxygen atoms in total. The molecule has 0 aliphatic heterocycles. The topological polar surface area (TPSA) is 54.3 Å². The van der Waals surface area contributed by atoms with Crippen LogP contribution < -0.4 is 5.32 Å². The van der Waals surface area contributed by atoms with Gasteiger partial charge in [-0.05, 0) is 25.1 Å². The number of methoxy groups -OCH3 is 2. The van der Waals surface area contributed by atoms with Crippen molar-refractivity contribution in [1.29, 1.82) is 5.26 Å². The molecular formula is C12H15ClN2O2. The molecule has 0 amide bonds. The van der Waals surface area contributed by atoms with Crippen LogP contribution in [0.3, 0.4) is 0 Å². The van der Waals surface area contributed by atoms with E-state index < -0.39 is 11.8 Å². The quantitative estimate of drug-likeness (QED) is 0.821. The zero-order valence-corrected chi connectivity index (χ0v) is 10.8. The van der Waals surface area contributed by atoms with Gasteiger partial charge in [-0.15, -0.1) is 0 Å². The highest BCUT2D eigenvalue weighted by Gasteiger charge is 2.35. The predicted octanol–water partition coefficient (Wildman–Crippen LogP) is 2.65. The molecule has 1 N–H and O–H groups in total. The average molecular weight is 255 g/mol. The molecule has 1 aromatic carbocycles. The highest BCUT2D eigenvalue weighted by atomic mass is 35.5. The summed E-state index contributed by atoms with van der Waals surface area (Å²) in [6.45, 7) is 1.70. The van der Waals surface area contributed by atoms with Crippen molar-refractivity contribution in [3.63, 3.8) is 0 Å². The summed E-state index contributed by atoms with van der Waals surface area (Å²) in [4.78, 5) is 0. The van der Waals surface area contributed by atoms with Crippen molar-refractivity contribution < 1.29 is 9.47 Å². The van der Waals surface area contributed by atoms with Crippen LogP contribution in [0.25, 0.3) is 0 Å². The molecule has 0 fully saturated rings. The van der Waals surface area contributed by atoms with E-state index in [2.05, 4.69) is 11.4 Å². The highest BCUT2D eigenvalue weighted by molar-refractivity contribution is 6.30. The van der Waals surface area contributed by atoms with Crippen molar-refractivity contribution in [3.8, 4) is 6.07 Å². The fourth-order valence-electron chi connectivity index (χ4n) is 1.57. The van der Waals surface area contributed by atoms with E-state index in [1.165, 1.54) is 14.2 Å². The Hall–Kier alpha value is -1.28. The van der Waals surface area contributed by atoms with Gasteiger partial charge in [0.05, 0.1) is 6.07 Å². The summed E-state index contributed by atoms with van der Waals surface area (Å²) >= 11 is 5.88. The standard InChI is InChI=1S/C12H15ClN2O2/c1-12(8-14,11(16-2)17-3)15-10-6-4-5-9(13)7-10/h4-7,11,15H,1-3H3. The smallest absolute Gasteiger partial charge is 0.193 e. The predicted molar refractivity (Wildman–Crippen MR) is 66.9 cm³/mol. The second-order valence-electron chi connectivity index (χ2n) is 3.75. The molecule has 1 atom stereocenters. The lowest BCUT2D eigenvalue weighted by atomic mass is 10.0. The number of halogens is 1. The van der Waals surface area contributed by atoms with E-state index in [9.17, 15) is 5.26 Å². The zero-order valence-electron chi connectivity index (χ0n) is 10.0. The van der Waals surface area contributed by atoms with Crippen LogP contribution >= 0.6 is 11.6 Å². The van der Waals surface area contributed by atoms with Crippen molar-refractivity contribution in [3.05, 3.63) is 29.3 Å². The molecule has 0 bridgehead atoms. The van der Waals surface area contributed by atoms with Crippen LogP contribution in [0.5, 0.6) is 0 Å². The number of benzene rings is 1. The first kappa shape index (κ1) is 13.8. The van der Waals surface area contributed by atoms with Crippen LogP contribution in [0.15, 0.2) is 24.3 Å². The first-order valence-electron chi connectivity index (χ1n) is 5.06. The number of nitrogens with zero attached hydrogens (tertiary/aromatic N) is 1. The van der Waals surface area contributed by atoms with Crippen LogP contribution in [0.1, 0.15) is 6.92 Å². The molecule has 17 heavy (non-hydrogen) atoms. The van der Waals surface area contributed by atoms with E-state index in [0.29, 0.717) is 5.02 Å². The van der Waals surface area contributed by atoms with E-state index in [1.807, 2.05) is 6.07 Å². The van der Waals surface area contributed by atoms with Gasteiger partial charge in [-0.1, -0.05) is 17.7 Å². The van der Waals surface area contributed by atoms with E-state index in [1.54, 1.807) is 25.1 Å². The summed E-state index contributed by atoms with van der Waals surface area (Å²) < 4.78 is 10.2. The molecule has 1 unspecified atom stereocenters. The maximum absolute atomic E-state index is 9.24. The van der Waals surface area contributed by atoms with Gasteiger partial charge in [-0.3, -0.25) is 0 Å². The lowest BCUT2D eigenvalue weighted by molar-refractivity contribution is -0.124. The van der Waals surface area contributed by atoms with E-state index >= 15 is 0 Å². The second-order valence-corrected chi connectivity index (χ2v) is 4.19. The highest BCUT2D eigenvalue weighted by Crippen LogP contribution is 2.22. The Labute approximate surface area is 106 Å². The summed E-state index contributed by atoms with van der Waals surface area (Å²) in [5.74, 6) is 0. The van der Waals surface area contributed by atoms with E-state index in [0.717, 1.165) is 5.69 Å². The van der Waals surface area contributed by atoms with Gasteiger partial charge in [0.15, 0.2) is 11.8 Å². The average Bonchev–Trinajstić information content (AvgIpc) is 2.30. The van der Waals surface area contributed by atoms with Crippen LogP contribution in [0, 0.1) is 11.3 Å². The maximum Gasteiger partial charge on any atom is 0.193 e. The number of ether oxygens (including phenoxy) is 2. The molecule has 5 heteroatoms. The third-order valence-corrected chi connectivity index (χ3v) is 2.60. The van der Waals surface area contributed by atoms with Crippen LogP contribution in [-0.2, 0) is 9.47 Å². The lowest BCUT2D eigenvalue weighted by Crippen LogP contribution is -2.47. The Morgan fingerprint density at radius 2 is 2.06 bits per heavy atom. The van der Waals surface area contributed by atoms with E-state index in [-0.39, 0.29) is 0 Å². The molecule has 1 aromatic rings. The number of anilines is 1. The van der Waals surface area contributed by atoms with Gasteiger partial charge in [-0.25, -0.2) is 0 Å². The molecule has 0 saturated carbocycles. The third kappa shape index (κ3) is 3.34. The Bertz CT molecular complexity index is 415. The minimum Gasteiger partial charge on any atom is -0.363 e. The second kappa shape index (κ2) is 5.87. The van der Waals surface area contributed by atoms with Gasteiger partial charge < -0.3 is 14.8 Å². The normalized spacial score (nSPS) is 14.1. The largest absolute Gasteiger partial charge is 0.363 e. The van der Waals surface area contributed by atoms with Crippen LogP contribution in [-0.4, -0.2) is 26.0 Å². The Morgan fingerprint density at radius 1 is 1.41 bits per heavy atom. The SMILES string of the molecule is COC(OC)C(C)(C#N)Nc1cccc(Cl)c1. The molecule has 0 aliphatic rings. The van der Waals surface area contributed by atoms with Crippen LogP contribution in [0.4, 0.5) is 5.69 Å². The monoisotopic (exact) mass is 254 g/mol. The number of rotatable bonds is 5. The summed E-state index contributed by atoms with van der Waals surface area (Å²) in [7, 11) is 2.98. The van der Waals surface area contributed by atoms with E-state index in [4.69, 9.17) is 21.1 Å². The number of hydrogen-bond donors (Lipinski definition) is 1. The van der Waals surface area contributed by atoms with Gasteiger partial charge in [-0.2, -0.15) is 5.26 Å². The molecule has 0 aliphatic carbocycles. The summed E-state index contributed by atoms with van der Waals surface area (Å²) in [5, 5.41) is 12.9. The lowest BCUT2D eigenvalue weighted by Gasteiger charge is -2.31. The molecule has 92 valence electrons. The number of hydrogen-bond acceptors (Lipinski definition) is 4. The fraction of sp³-hybridized carbons (Fsp3) is 0.417. The summed E-state index contributed by atoms with van der Waals surface area (Å²) in [5.41, 5.74) is -0.255. The number of nitriles is 1. The van der Waals surface area contributed by atoms with Crippen molar-refractivity contribution in [2.45, 2.75) is 18.8 Å². The molecule has 0 spiro atoms. The van der Waals surface area contributed by atoms with Crippen molar-refractivity contribution >= 4 is 17.3 Å². The number of nitrogens with one attached hydrogen (secondary N) is 1. The maximum atomic E-state index is 9.24. The van der Waals surface area contributed by atoms with Crippen molar-refractivity contribution in [2.75, 3.05) is 19.5 Å². The minimum absolute atomic E-state index is 0.599. The van der Waals surface area contributed by atoms with Gasteiger partial charge in [0.1, 0.15) is 0 Å². The van der Waals surface area contributed by atoms with Gasteiger partial charge in [0.25, 0.3) is 0 Å². The van der Waals surface area contributed by atoms with Crippen molar-refractivity contribution in [1.82, 2.24) is 0 Å². The molecule has 0 aromatic heterocycles. The summed E-state index contributed by atoms with van der Waals surface area (Å²) in [6, 6.07) is 9.27. The fourth-order valence-corrected chi connectivity index (χ4v) is 1.76. The van der Waals surface area contributed by atoms with Crippen molar-refractivity contribution in [2.24, 2.45) is 0 Å².